The number of aliphatic carboxylic acids is 2. The average Bonchev–Trinajstić information content (AvgIpc) is 2.94. The molecular formula is C13H18N2O5. The van der Waals surface area contributed by atoms with E-state index in [9.17, 15) is 0 Å². The number of rotatable bonds is 4. The zero-order valence-electron chi connectivity index (χ0n) is 11.0. The van der Waals surface area contributed by atoms with Crippen LogP contribution in [0.15, 0.2) is 24.5 Å². The van der Waals surface area contributed by atoms with Crippen LogP contribution in [-0.2, 0) is 20.9 Å². The summed E-state index contributed by atoms with van der Waals surface area (Å²) in [7, 11) is 0. The van der Waals surface area contributed by atoms with Gasteiger partial charge in [0, 0.05) is 32.1 Å². The van der Waals surface area contributed by atoms with E-state index < -0.39 is 11.9 Å². The summed E-state index contributed by atoms with van der Waals surface area (Å²) in [6.07, 6.45) is 6.48. The van der Waals surface area contributed by atoms with Crippen LogP contribution in [0.2, 0.25) is 0 Å². The molecule has 20 heavy (non-hydrogen) atoms. The number of ether oxygens (including phenoxy) is 1. The molecular weight excluding hydrogens is 264 g/mol. The minimum absolute atomic E-state index is 0.428. The van der Waals surface area contributed by atoms with Crippen molar-refractivity contribution in [1.29, 1.82) is 0 Å². The van der Waals surface area contributed by atoms with Crippen LogP contribution in [0.3, 0.4) is 0 Å². The lowest BCUT2D eigenvalue weighted by Crippen LogP contribution is -2.25. The van der Waals surface area contributed by atoms with E-state index >= 15 is 0 Å². The molecule has 1 aromatic heterocycles. The van der Waals surface area contributed by atoms with Gasteiger partial charge in [0.15, 0.2) is 0 Å². The molecule has 7 nitrogen and oxygen atoms in total. The molecule has 1 unspecified atom stereocenters. The lowest BCUT2D eigenvalue weighted by Gasteiger charge is -2.10. The summed E-state index contributed by atoms with van der Waals surface area (Å²) in [5, 5.41) is 18.2. The van der Waals surface area contributed by atoms with Crippen molar-refractivity contribution in [2.24, 2.45) is 0 Å². The zero-order valence-corrected chi connectivity index (χ0v) is 11.0. The Hall–Kier alpha value is -1.99. The zero-order chi connectivity index (χ0) is 14.8. The number of carboxylic acids is 2. The Labute approximate surface area is 116 Å². The van der Waals surface area contributed by atoms with E-state index in [1.165, 1.54) is 18.4 Å². The smallest absolute Gasteiger partial charge is 0.414 e. The highest BCUT2D eigenvalue weighted by molar-refractivity contribution is 6.27. The van der Waals surface area contributed by atoms with Crippen molar-refractivity contribution in [3.63, 3.8) is 0 Å². The van der Waals surface area contributed by atoms with Gasteiger partial charge in [-0.15, -0.1) is 0 Å². The lowest BCUT2D eigenvalue weighted by atomic mass is 10.2. The Kier molecular flexibility index (Phi) is 7.23. The molecule has 0 amide bonds. The van der Waals surface area contributed by atoms with E-state index in [4.69, 9.17) is 24.5 Å². The van der Waals surface area contributed by atoms with Gasteiger partial charge in [-0.05, 0) is 30.5 Å². The Morgan fingerprint density at radius 3 is 2.45 bits per heavy atom. The van der Waals surface area contributed by atoms with Crippen LogP contribution in [0.4, 0.5) is 0 Å². The van der Waals surface area contributed by atoms with E-state index in [1.807, 2.05) is 24.5 Å². The Bertz CT molecular complexity index is 406. The molecule has 110 valence electrons. The molecule has 0 spiro atoms. The van der Waals surface area contributed by atoms with Crippen molar-refractivity contribution < 1.29 is 24.5 Å². The summed E-state index contributed by atoms with van der Waals surface area (Å²) >= 11 is 0. The third-order valence-electron chi connectivity index (χ3n) is 2.66. The van der Waals surface area contributed by atoms with Gasteiger partial charge in [0.25, 0.3) is 0 Å². The van der Waals surface area contributed by atoms with Gasteiger partial charge < -0.3 is 20.3 Å². The molecule has 2 heterocycles. The molecule has 0 aliphatic carbocycles. The Morgan fingerprint density at radius 1 is 1.30 bits per heavy atom. The third kappa shape index (κ3) is 6.81. The van der Waals surface area contributed by atoms with E-state index in [-0.39, 0.29) is 0 Å². The molecule has 0 bridgehead atoms. The molecule has 1 aromatic rings. The van der Waals surface area contributed by atoms with E-state index in [2.05, 4.69) is 10.3 Å². The summed E-state index contributed by atoms with van der Waals surface area (Å²) in [6, 6.07) is 4.06. The number of nitrogens with zero attached hydrogens (tertiary/aromatic N) is 1. The highest BCUT2D eigenvalue weighted by atomic mass is 16.5. The van der Waals surface area contributed by atoms with Crippen molar-refractivity contribution in [3.8, 4) is 0 Å². The fraction of sp³-hybridized carbons (Fsp3) is 0.462. The third-order valence-corrected chi connectivity index (χ3v) is 2.66. The molecule has 0 radical (unpaired) electrons. The van der Waals surface area contributed by atoms with E-state index in [0.29, 0.717) is 6.10 Å². The molecule has 1 atom stereocenters. The van der Waals surface area contributed by atoms with Crippen LogP contribution in [0.1, 0.15) is 18.4 Å². The summed E-state index contributed by atoms with van der Waals surface area (Å²) in [6.45, 7) is 2.80. The topological polar surface area (TPSA) is 109 Å². The maximum Gasteiger partial charge on any atom is 0.414 e. The predicted octanol–water partition coefficient (Wildman–Crippen LogP) is 0.506. The fourth-order valence-electron chi connectivity index (χ4n) is 1.68. The van der Waals surface area contributed by atoms with Crippen molar-refractivity contribution in [3.05, 3.63) is 30.1 Å². The Balaban J connectivity index is 0.000000286. The SMILES string of the molecule is O=C(O)C(=O)O.c1cc(CNCC2CCCO2)ccn1. The quantitative estimate of drug-likeness (QED) is 0.690. The maximum atomic E-state index is 9.10. The van der Waals surface area contributed by atoms with E-state index in [0.717, 1.165) is 19.7 Å². The molecule has 2 rings (SSSR count). The maximum absolute atomic E-state index is 9.10. The van der Waals surface area contributed by atoms with Crippen LogP contribution in [0.5, 0.6) is 0 Å². The summed E-state index contributed by atoms with van der Waals surface area (Å²) in [4.78, 5) is 22.2. The molecule has 1 saturated heterocycles. The standard InChI is InChI=1S/C11H16N2O.C2H2O4/c1-2-11(14-7-1)9-13-8-10-3-5-12-6-4-10;3-1(4)2(5)6/h3-6,11,13H,1-2,7-9H2;(H,3,4)(H,5,6). The molecule has 1 fully saturated rings. The summed E-state index contributed by atoms with van der Waals surface area (Å²) in [5.74, 6) is -3.65. The van der Waals surface area contributed by atoms with Crippen LogP contribution >= 0.6 is 0 Å². The first kappa shape index (κ1) is 16.1. The van der Waals surface area contributed by atoms with Crippen molar-refractivity contribution in [2.45, 2.75) is 25.5 Å². The summed E-state index contributed by atoms with van der Waals surface area (Å²) < 4.78 is 5.52. The van der Waals surface area contributed by atoms with Crippen LogP contribution in [0, 0.1) is 0 Å². The number of hydrogen-bond acceptors (Lipinski definition) is 5. The lowest BCUT2D eigenvalue weighted by molar-refractivity contribution is -0.159. The second-order valence-corrected chi connectivity index (χ2v) is 4.23. The number of carbonyl (C=O) groups is 2. The molecule has 1 aliphatic heterocycles. The highest BCUT2D eigenvalue weighted by Crippen LogP contribution is 2.10. The molecule has 3 N–H and O–H groups in total. The Morgan fingerprint density at radius 2 is 1.95 bits per heavy atom. The van der Waals surface area contributed by atoms with Gasteiger partial charge in [-0.1, -0.05) is 0 Å². The average molecular weight is 282 g/mol. The van der Waals surface area contributed by atoms with Crippen LogP contribution < -0.4 is 5.32 Å². The first-order valence-corrected chi connectivity index (χ1v) is 6.27. The highest BCUT2D eigenvalue weighted by Gasteiger charge is 2.14. The number of pyridine rings is 1. The monoisotopic (exact) mass is 282 g/mol. The second-order valence-electron chi connectivity index (χ2n) is 4.23. The number of hydrogen-bond donors (Lipinski definition) is 3. The number of aromatic nitrogens is 1. The first-order valence-electron chi connectivity index (χ1n) is 6.27. The van der Waals surface area contributed by atoms with Gasteiger partial charge in [0.05, 0.1) is 6.10 Å². The predicted molar refractivity (Wildman–Crippen MR) is 70.2 cm³/mol. The van der Waals surface area contributed by atoms with Crippen molar-refractivity contribution >= 4 is 11.9 Å². The molecule has 1 aliphatic rings. The molecule has 0 saturated carbocycles. The second kappa shape index (κ2) is 9.00. The van der Waals surface area contributed by atoms with Gasteiger partial charge in [-0.2, -0.15) is 0 Å². The normalized spacial score (nSPS) is 17.1. The van der Waals surface area contributed by atoms with Gasteiger partial charge >= 0.3 is 11.9 Å². The minimum Gasteiger partial charge on any atom is -0.473 e. The number of nitrogens with one attached hydrogen (secondary N) is 1. The summed E-state index contributed by atoms with van der Waals surface area (Å²) in [5.41, 5.74) is 1.28. The molecule has 7 heteroatoms. The fourth-order valence-corrected chi connectivity index (χ4v) is 1.68. The largest absolute Gasteiger partial charge is 0.473 e. The minimum atomic E-state index is -1.82. The van der Waals surface area contributed by atoms with Crippen LogP contribution in [-0.4, -0.2) is 46.4 Å². The van der Waals surface area contributed by atoms with Gasteiger partial charge in [0.2, 0.25) is 0 Å². The first-order chi connectivity index (χ1) is 9.59. The van der Waals surface area contributed by atoms with E-state index in [1.54, 1.807) is 0 Å². The van der Waals surface area contributed by atoms with Gasteiger partial charge in [-0.25, -0.2) is 9.59 Å². The van der Waals surface area contributed by atoms with Crippen molar-refractivity contribution in [1.82, 2.24) is 10.3 Å². The van der Waals surface area contributed by atoms with Gasteiger partial charge in [-0.3, -0.25) is 4.98 Å². The van der Waals surface area contributed by atoms with Crippen molar-refractivity contribution in [2.75, 3.05) is 13.2 Å². The van der Waals surface area contributed by atoms with Crippen LogP contribution in [0.25, 0.3) is 0 Å². The number of carboxylic acid groups (broad SMARTS) is 2. The van der Waals surface area contributed by atoms with Gasteiger partial charge in [0.1, 0.15) is 0 Å². The molecule has 0 aromatic carbocycles.